The van der Waals surface area contributed by atoms with E-state index in [-0.39, 0.29) is 0 Å². The highest BCUT2D eigenvalue weighted by Crippen LogP contribution is 2.26. The number of benzene rings is 2. The van der Waals surface area contributed by atoms with Gasteiger partial charge in [0.15, 0.2) is 4.77 Å². The lowest BCUT2D eigenvalue weighted by Crippen LogP contribution is -1.99. The van der Waals surface area contributed by atoms with Crippen LogP contribution in [0.15, 0.2) is 40.9 Å². The number of nitriles is 1. The average Bonchev–Trinajstić information content (AvgIpc) is 2.73. The summed E-state index contributed by atoms with van der Waals surface area (Å²) in [6, 6.07) is 14.0. The number of hydrogen-bond acceptors (Lipinski definition) is 2. The van der Waals surface area contributed by atoms with E-state index in [0.29, 0.717) is 10.3 Å². The van der Waals surface area contributed by atoms with Crippen molar-refractivity contribution in [2.75, 3.05) is 0 Å². The van der Waals surface area contributed by atoms with Gasteiger partial charge in [-0.25, -0.2) is 0 Å². The van der Waals surface area contributed by atoms with Crippen LogP contribution in [0.5, 0.6) is 0 Å². The minimum atomic E-state index is 0.584. The van der Waals surface area contributed by atoms with Gasteiger partial charge in [-0.15, -0.1) is 0 Å². The molecule has 0 fully saturated rings. The summed E-state index contributed by atoms with van der Waals surface area (Å²) in [4.78, 5) is 3.17. The molecule has 0 spiro atoms. The Labute approximate surface area is 129 Å². The Morgan fingerprint density at radius 3 is 2.85 bits per heavy atom. The highest BCUT2D eigenvalue weighted by atomic mass is 79.9. The number of rotatable bonds is 1. The molecule has 0 aliphatic rings. The second kappa shape index (κ2) is 4.89. The molecule has 0 atom stereocenters. The molecule has 0 saturated carbocycles. The Kier molecular flexibility index (Phi) is 3.20. The fourth-order valence-electron chi connectivity index (χ4n) is 2.30. The second-order valence-corrected chi connectivity index (χ2v) is 5.81. The van der Waals surface area contributed by atoms with E-state index >= 15 is 0 Å². The van der Waals surface area contributed by atoms with Gasteiger partial charge in [0.25, 0.3) is 0 Å². The van der Waals surface area contributed by atoms with Crippen LogP contribution >= 0.6 is 28.1 Å². The zero-order chi connectivity index (χ0) is 14.3. The Morgan fingerprint density at radius 1 is 1.30 bits per heavy atom. The Bertz CT molecular complexity index is 915. The molecule has 0 aliphatic heterocycles. The van der Waals surface area contributed by atoms with Gasteiger partial charge in [-0.3, -0.25) is 4.57 Å². The lowest BCUT2D eigenvalue weighted by Gasteiger charge is -2.09. The van der Waals surface area contributed by atoms with Crippen LogP contribution in [0.3, 0.4) is 0 Å². The molecule has 0 unspecified atom stereocenters. The summed E-state index contributed by atoms with van der Waals surface area (Å²) in [5.41, 5.74) is 4.29. The summed E-state index contributed by atoms with van der Waals surface area (Å²) in [6.07, 6.45) is 0. The maximum absolute atomic E-state index is 9.40. The van der Waals surface area contributed by atoms with Crippen LogP contribution in [-0.2, 0) is 0 Å². The molecular weight excluding hydrogens is 334 g/mol. The Balaban J connectivity index is 2.45. The molecule has 1 heterocycles. The molecule has 3 aromatic rings. The van der Waals surface area contributed by atoms with Crippen molar-refractivity contribution in [1.29, 1.82) is 5.26 Å². The fourth-order valence-corrected chi connectivity index (χ4v) is 2.95. The van der Waals surface area contributed by atoms with Gasteiger partial charge in [0, 0.05) is 4.47 Å². The van der Waals surface area contributed by atoms with Crippen LogP contribution in [0.4, 0.5) is 0 Å². The third-order valence-electron chi connectivity index (χ3n) is 3.25. The van der Waals surface area contributed by atoms with Gasteiger partial charge in [0.1, 0.15) is 6.07 Å². The largest absolute Gasteiger partial charge is 0.330 e. The fraction of sp³-hybridized carbons (Fsp3) is 0.0667. The van der Waals surface area contributed by atoms with Gasteiger partial charge in [-0.2, -0.15) is 5.26 Å². The molecule has 3 rings (SSSR count). The molecule has 2 aromatic carbocycles. The van der Waals surface area contributed by atoms with Gasteiger partial charge >= 0.3 is 0 Å². The molecule has 1 aromatic heterocycles. The van der Waals surface area contributed by atoms with Crippen LogP contribution in [0.25, 0.3) is 16.7 Å². The number of H-pyrrole nitrogens is 1. The van der Waals surface area contributed by atoms with Crippen molar-refractivity contribution in [2.24, 2.45) is 0 Å². The topological polar surface area (TPSA) is 44.5 Å². The van der Waals surface area contributed by atoms with E-state index in [1.165, 1.54) is 0 Å². The van der Waals surface area contributed by atoms with Crippen molar-refractivity contribution in [3.8, 4) is 11.8 Å². The van der Waals surface area contributed by atoms with Crippen LogP contribution in [0.1, 0.15) is 11.1 Å². The second-order valence-electron chi connectivity index (χ2n) is 4.51. The summed E-state index contributed by atoms with van der Waals surface area (Å²) in [6.45, 7) is 1.93. The number of aryl methyl sites for hydroxylation is 1. The van der Waals surface area contributed by atoms with Gasteiger partial charge in [-0.05, 0) is 49.0 Å². The number of aromatic amines is 1. The smallest absolute Gasteiger partial charge is 0.182 e. The highest BCUT2D eigenvalue weighted by Gasteiger charge is 2.12. The van der Waals surface area contributed by atoms with Crippen LogP contribution < -0.4 is 0 Å². The first-order valence-corrected chi connectivity index (χ1v) is 7.22. The number of aromatic nitrogens is 2. The summed E-state index contributed by atoms with van der Waals surface area (Å²) in [5.74, 6) is 0. The minimum Gasteiger partial charge on any atom is -0.330 e. The van der Waals surface area contributed by atoms with Crippen molar-refractivity contribution in [3.63, 3.8) is 0 Å². The molecule has 0 saturated heterocycles. The third kappa shape index (κ3) is 1.98. The van der Waals surface area contributed by atoms with Crippen LogP contribution in [-0.4, -0.2) is 9.55 Å². The number of imidazole rings is 1. The van der Waals surface area contributed by atoms with E-state index < -0.39 is 0 Å². The maximum atomic E-state index is 9.40. The molecular formula is C15H10BrN3S. The molecule has 0 bridgehead atoms. The summed E-state index contributed by atoms with van der Waals surface area (Å²) < 4.78 is 3.46. The number of nitrogens with zero attached hydrogens (tertiary/aromatic N) is 2. The first kappa shape index (κ1) is 13.1. The quantitative estimate of drug-likeness (QED) is 0.654. The molecule has 98 valence electrons. The molecule has 0 aliphatic carbocycles. The lowest BCUT2D eigenvalue weighted by molar-refractivity contribution is 1.05. The van der Waals surface area contributed by atoms with Crippen molar-refractivity contribution in [1.82, 2.24) is 9.55 Å². The molecule has 20 heavy (non-hydrogen) atoms. The Hall–Kier alpha value is -1.90. The maximum Gasteiger partial charge on any atom is 0.182 e. The molecule has 1 N–H and O–H groups in total. The number of hydrogen-bond donors (Lipinski definition) is 1. The molecule has 5 heteroatoms. The van der Waals surface area contributed by atoms with E-state index in [1.807, 2.05) is 47.9 Å². The van der Waals surface area contributed by atoms with Crippen molar-refractivity contribution >= 4 is 39.2 Å². The zero-order valence-corrected chi connectivity index (χ0v) is 13.0. The van der Waals surface area contributed by atoms with E-state index in [4.69, 9.17) is 12.2 Å². The van der Waals surface area contributed by atoms with Crippen molar-refractivity contribution in [3.05, 3.63) is 56.8 Å². The number of nitrogens with one attached hydrogen (secondary N) is 1. The predicted molar refractivity (Wildman–Crippen MR) is 85.6 cm³/mol. The lowest BCUT2D eigenvalue weighted by atomic mass is 10.1. The van der Waals surface area contributed by atoms with Crippen molar-refractivity contribution < 1.29 is 0 Å². The predicted octanol–water partition coefficient (Wildman–Crippen LogP) is 4.63. The van der Waals surface area contributed by atoms with Crippen molar-refractivity contribution in [2.45, 2.75) is 6.92 Å². The minimum absolute atomic E-state index is 0.584. The van der Waals surface area contributed by atoms with Gasteiger partial charge in [0.05, 0.1) is 22.3 Å². The average molecular weight is 344 g/mol. The summed E-state index contributed by atoms with van der Waals surface area (Å²) in [7, 11) is 0. The van der Waals surface area contributed by atoms with Gasteiger partial charge in [-0.1, -0.05) is 28.1 Å². The zero-order valence-electron chi connectivity index (χ0n) is 10.6. The van der Waals surface area contributed by atoms with Crippen LogP contribution in [0, 0.1) is 23.0 Å². The highest BCUT2D eigenvalue weighted by molar-refractivity contribution is 9.10. The van der Waals surface area contributed by atoms with Crippen LogP contribution in [0.2, 0.25) is 0 Å². The van der Waals surface area contributed by atoms with E-state index in [0.717, 1.165) is 26.8 Å². The Morgan fingerprint density at radius 2 is 2.10 bits per heavy atom. The van der Waals surface area contributed by atoms with Gasteiger partial charge in [0.2, 0.25) is 0 Å². The molecule has 3 nitrogen and oxygen atoms in total. The molecule has 0 radical (unpaired) electrons. The normalized spacial score (nSPS) is 10.7. The van der Waals surface area contributed by atoms with E-state index in [2.05, 4.69) is 27.0 Å². The van der Waals surface area contributed by atoms with E-state index in [9.17, 15) is 5.26 Å². The monoisotopic (exact) mass is 343 g/mol. The van der Waals surface area contributed by atoms with Gasteiger partial charge < -0.3 is 4.98 Å². The number of fused-ring (bicyclic) bond motifs is 1. The SMILES string of the molecule is Cc1cccc(-n2c(=S)[nH]c3ccc(Br)cc32)c1C#N. The number of halogens is 1. The first-order valence-electron chi connectivity index (χ1n) is 6.02. The van der Waals surface area contributed by atoms with E-state index in [1.54, 1.807) is 0 Å². The molecule has 0 amide bonds. The summed E-state index contributed by atoms with van der Waals surface area (Å²) in [5, 5.41) is 9.40. The summed E-state index contributed by atoms with van der Waals surface area (Å²) >= 11 is 8.88. The third-order valence-corrected chi connectivity index (χ3v) is 4.03. The first-order chi connectivity index (χ1) is 9.61. The standard InChI is InChI=1S/C15H10BrN3S/c1-9-3-2-4-13(11(9)8-17)19-14-7-10(16)5-6-12(14)18-15(19)20/h2-7H,1H3,(H,18,20).